The lowest BCUT2D eigenvalue weighted by Gasteiger charge is -2.19. The van der Waals surface area contributed by atoms with Crippen molar-refractivity contribution >= 4 is 0 Å². The SMILES string of the molecule is CCCCC[C@H](O)/C=C\[C@@H]1[C@@H](C/C=C\CCCCOC)[C@@H](O)C[C@H]1O. The quantitative estimate of drug-likeness (QED) is 0.349. The van der Waals surface area contributed by atoms with Gasteiger partial charge in [-0.3, -0.25) is 0 Å². The van der Waals surface area contributed by atoms with E-state index in [1.165, 1.54) is 0 Å². The van der Waals surface area contributed by atoms with Crippen LogP contribution in [-0.4, -0.2) is 47.3 Å². The molecule has 0 heterocycles. The number of ether oxygens (including phenoxy) is 1. The van der Waals surface area contributed by atoms with Crippen molar-refractivity contribution in [2.75, 3.05) is 13.7 Å². The second kappa shape index (κ2) is 13.5. The molecule has 0 aromatic carbocycles. The number of allylic oxidation sites excluding steroid dienone is 2. The molecule has 25 heavy (non-hydrogen) atoms. The van der Waals surface area contributed by atoms with Crippen LogP contribution in [0.15, 0.2) is 24.3 Å². The standard InChI is InChI=1S/C21H38O4/c1-3-4-8-11-17(22)13-14-19-18(20(23)16-21(19)24)12-9-6-5-7-10-15-25-2/h6,9,13-14,17-24H,3-5,7-8,10-12,15-16H2,1-2H3/b9-6-,14-13-/t17-,18+,19+,20-,21+/m0/s1. The van der Waals surface area contributed by atoms with E-state index in [2.05, 4.69) is 19.1 Å². The Morgan fingerprint density at radius 1 is 1.08 bits per heavy atom. The fourth-order valence-corrected chi connectivity index (χ4v) is 3.54. The van der Waals surface area contributed by atoms with E-state index < -0.39 is 18.3 Å². The van der Waals surface area contributed by atoms with Crippen LogP contribution in [0.1, 0.15) is 64.7 Å². The summed E-state index contributed by atoms with van der Waals surface area (Å²) >= 11 is 0. The molecule has 0 aromatic heterocycles. The van der Waals surface area contributed by atoms with Crippen LogP contribution in [0.25, 0.3) is 0 Å². The van der Waals surface area contributed by atoms with Gasteiger partial charge in [0.05, 0.1) is 18.3 Å². The van der Waals surface area contributed by atoms with Crippen molar-refractivity contribution in [2.45, 2.75) is 83.0 Å². The summed E-state index contributed by atoms with van der Waals surface area (Å²) in [5, 5.41) is 30.5. The first-order chi connectivity index (χ1) is 12.1. The molecule has 1 aliphatic rings. The molecular weight excluding hydrogens is 316 g/mol. The summed E-state index contributed by atoms with van der Waals surface area (Å²) < 4.78 is 5.03. The summed E-state index contributed by atoms with van der Waals surface area (Å²) in [5.41, 5.74) is 0. The van der Waals surface area contributed by atoms with E-state index in [0.717, 1.165) is 58.0 Å². The number of methoxy groups -OCH3 is 1. The van der Waals surface area contributed by atoms with Crippen molar-refractivity contribution in [1.29, 1.82) is 0 Å². The lowest BCUT2D eigenvalue weighted by molar-refractivity contribution is 0.120. The van der Waals surface area contributed by atoms with Crippen molar-refractivity contribution in [3.05, 3.63) is 24.3 Å². The Labute approximate surface area is 153 Å². The molecule has 5 atom stereocenters. The molecule has 4 nitrogen and oxygen atoms in total. The van der Waals surface area contributed by atoms with Crippen molar-refractivity contribution in [1.82, 2.24) is 0 Å². The largest absolute Gasteiger partial charge is 0.393 e. The van der Waals surface area contributed by atoms with Crippen molar-refractivity contribution in [3.63, 3.8) is 0 Å². The molecule has 3 N–H and O–H groups in total. The zero-order valence-corrected chi connectivity index (χ0v) is 16.0. The number of hydrogen-bond acceptors (Lipinski definition) is 4. The number of unbranched alkanes of at least 4 members (excludes halogenated alkanes) is 4. The molecular formula is C21H38O4. The van der Waals surface area contributed by atoms with Crippen LogP contribution in [0.3, 0.4) is 0 Å². The van der Waals surface area contributed by atoms with E-state index in [4.69, 9.17) is 4.74 Å². The fraction of sp³-hybridized carbons (Fsp3) is 0.810. The molecule has 0 aromatic rings. The number of aliphatic hydroxyl groups excluding tert-OH is 3. The van der Waals surface area contributed by atoms with Crippen molar-refractivity contribution in [2.24, 2.45) is 11.8 Å². The van der Waals surface area contributed by atoms with E-state index in [0.29, 0.717) is 6.42 Å². The molecule has 0 unspecified atom stereocenters. The first kappa shape index (κ1) is 22.4. The summed E-state index contributed by atoms with van der Waals surface area (Å²) in [4.78, 5) is 0. The van der Waals surface area contributed by atoms with E-state index in [1.807, 2.05) is 12.2 Å². The third-order valence-electron chi connectivity index (χ3n) is 5.12. The van der Waals surface area contributed by atoms with Gasteiger partial charge in [0.25, 0.3) is 0 Å². The minimum Gasteiger partial charge on any atom is -0.393 e. The highest BCUT2D eigenvalue weighted by Crippen LogP contribution is 2.36. The van der Waals surface area contributed by atoms with Crippen LogP contribution >= 0.6 is 0 Å². The third-order valence-corrected chi connectivity index (χ3v) is 5.12. The molecule has 1 rings (SSSR count). The van der Waals surface area contributed by atoms with Gasteiger partial charge in [0.15, 0.2) is 0 Å². The normalized spacial score (nSPS) is 28.4. The van der Waals surface area contributed by atoms with Crippen LogP contribution in [-0.2, 0) is 4.74 Å². The second-order valence-electron chi connectivity index (χ2n) is 7.26. The van der Waals surface area contributed by atoms with Crippen LogP contribution in [0.2, 0.25) is 0 Å². The van der Waals surface area contributed by atoms with Gasteiger partial charge in [0.2, 0.25) is 0 Å². The van der Waals surface area contributed by atoms with Gasteiger partial charge in [-0.15, -0.1) is 0 Å². The Hall–Kier alpha value is -0.680. The molecule has 0 bridgehead atoms. The first-order valence-corrected chi connectivity index (χ1v) is 9.96. The third kappa shape index (κ3) is 9.00. The average molecular weight is 355 g/mol. The Morgan fingerprint density at radius 2 is 1.88 bits per heavy atom. The second-order valence-corrected chi connectivity index (χ2v) is 7.26. The smallest absolute Gasteiger partial charge is 0.0721 e. The maximum absolute atomic E-state index is 10.2. The summed E-state index contributed by atoms with van der Waals surface area (Å²) in [7, 11) is 1.72. The highest BCUT2D eigenvalue weighted by molar-refractivity contribution is 5.06. The minimum absolute atomic E-state index is 0.0318. The van der Waals surface area contributed by atoms with Gasteiger partial charge in [-0.1, -0.05) is 50.5 Å². The number of hydrogen-bond donors (Lipinski definition) is 3. The molecule has 1 saturated carbocycles. The van der Waals surface area contributed by atoms with Gasteiger partial charge in [-0.05, 0) is 38.0 Å². The molecule has 0 amide bonds. The predicted molar refractivity (Wildman–Crippen MR) is 102 cm³/mol. The highest BCUT2D eigenvalue weighted by atomic mass is 16.5. The van der Waals surface area contributed by atoms with Crippen LogP contribution in [0, 0.1) is 11.8 Å². The summed E-state index contributed by atoms with van der Waals surface area (Å²) in [6.07, 6.45) is 15.0. The number of aliphatic hydroxyl groups is 3. The Balaban J connectivity index is 2.42. The zero-order valence-electron chi connectivity index (χ0n) is 16.0. The fourth-order valence-electron chi connectivity index (χ4n) is 3.54. The lowest BCUT2D eigenvalue weighted by Crippen LogP contribution is -2.20. The Kier molecular flexibility index (Phi) is 12.1. The monoisotopic (exact) mass is 354 g/mol. The van der Waals surface area contributed by atoms with Gasteiger partial charge in [0, 0.05) is 26.1 Å². The van der Waals surface area contributed by atoms with Crippen molar-refractivity contribution < 1.29 is 20.1 Å². The number of rotatable bonds is 13. The Bertz CT molecular complexity index is 380. The molecule has 146 valence electrons. The lowest BCUT2D eigenvalue weighted by atomic mass is 9.89. The topological polar surface area (TPSA) is 69.9 Å². The average Bonchev–Trinajstić information content (AvgIpc) is 2.85. The molecule has 0 radical (unpaired) electrons. The van der Waals surface area contributed by atoms with Gasteiger partial charge in [0.1, 0.15) is 0 Å². The van der Waals surface area contributed by atoms with Crippen molar-refractivity contribution in [3.8, 4) is 0 Å². The van der Waals surface area contributed by atoms with E-state index in [-0.39, 0.29) is 11.8 Å². The van der Waals surface area contributed by atoms with E-state index in [1.54, 1.807) is 7.11 Å². The zero-order chi connectivity index (χ0) is 18.5. The Morgan fingerprint density at radius 3 is 2.60 bits per heavy atom. The molecule has 1 aliphatic carbocycles. The first-order valence-electron chi connectivity index (χ1n) is 9.96. The maximum atomic E-state index is 10.2. The van der Waals surface area contributed by atoms with E-state index in [9.17, 15) is 15.3 Å². The van der Waals surface area contributed by atoms with Crippen LogP contribution in [0.5, 0.6) is 0 Å². The van der Waals surface area contributed by atoms with Gasteiger partial charge in [-0.25, -0.2) is 0 Å². The van der Waals surface area contributed by atoms with E-state index >= 15 is 0 Å². The maximum Gasteiger partial charge on any atom is 0.0721 e. The molecule has 1 fully saturated rings. The van der Waals surface area contributed by atoms with Gasteiger partial charge in [-0.2, -0.15) is 0 Å². The van der Waals surface area contributed by atoms with Gasteiger partial charge >= 0.3 is 0 Å². The van der Waals surface area contributed by atoms with Gasteiger partial charge < -0.3 is 20.1 Å². The van der Waals surface area contributed by atoms with Crippen LogP contribution in [0.4, 0.5) is 0 Å². The summed E-state index contributed by atoms with van der Waals surface area (Å²) in [5.74, 6) is -0.0433. The molecule has 0 saturated heterocycles. The van der Waals surface area contributed by atoms with Crippen LogP contribution < -0.4 is 0 Å². The highest BCUT2D eigenvalue weighted by Gasteiger charge is 2.39. The summed E-state index contributed by atoms with van der Waals surface area (Å²) in [6, 6.07) is 0. The predicted octanol–water partition coefficient (Wildman–Crippen LogP) is 3.60. The summed E-state index contributed by atoms with van der Waals surface area (Å²) in [6.45, 7) is 2.95. The molecule has 0 aliphatic heterocycles. The molecule has 0 spiro atoms. The minimum atomic E-state index is -0.519. The molecule has 4 heteroatoms.